The summed E-state index contributed by atoms with van der Waals surface area (Å²) in [7, 11) is -4.29. The molecule has 0 radical (unpaired) electrons. The van der Waals surface area contributed by atoms with Crippen LogP contribution in [0.4, 0.5) is 14.5 Å². The summed E-state index contributed by atoms with van der Waals surface area (Å²) in [6.07, 6.45) is 1.45. The van der Waals surface area contributed by atoms with Gasteiger partial charge in [-0.1, -0.05) is 11.6 Å². The Kier molecular flexibility index (Phi) is 12.9. The number of hydrogen-bond donors (Lipinski definition) is 3. The molecule has 17 heteroatoms. The van der Waals surface area contributed by atoms with Crippen LogP contribution in [0.15, 0.2) is 58.0 Å². The second kappa shape index (κ2) is 16.1. The highest BCUT2D eigenvalue weighted by Gasteiger charge is 2.24. The number of Topliss-reactive ketones (excluding diaryl/α,β-unsaturated/α-hetero) is 1. The molecule has 2 aromatic carbocycles. The molecule has 0 bridgehead atoms. The number of benzene rings is 2. The number of furan rings is 1. The van der Waals surface area contributed by atoms with Crippen LogP contribution in [0.3, 0.4) is 0 Å². The lowest BCUT2D eigenvalue weighted by atomic mass is 10.0. The summed E-state index contributed by atoms with van der Waals surface area (Å²) in [4.78, 5) is 37.0. The van der Waals surface area contributed by atoms with Crippen LogP contribution in [-0.4, -0.2) is 67.5 Å². The molecular weight excluding hydrogens is 660 g/mol. The molecule has 0 fully saturated rings. The summed E-state index contributed by atoms with van der Waals surface area (Å²) in [5.74, 6) is -4.39. The predicted octanol–water partition coefficient (Wildman–Crippen LogP) is 3.17. The first-order valence-electron chi connectivity index (χ1n) is 13.2. The molecule has 0 amide bonds. The van der Waals surface area contributed by atoms with Gasteiger partial charge < -0.3 is 29.1 Å². The van der Waals surface area contributed by atoms with Crippen molar-refractivity contribution in [3.05, 3.63) is 82.3 Å². The van der Waals surface area contributed by atoms with Gasteiger partial charge in [-0.05, 0) is 61.4 Å². The molecule has 3 atom stereocenters. The van der Waals surface area contributed by atoms with Gasteiger partial charge >= 0.3 is 11.9 Å². The average Bonchev–Trinajstić information content (AvgIpc) is 3.47. The first-order chi connectivity index (χ1) is 21.1. The minimum Gasteiger partial charge on any atom is -0.616 e. The normalized spacial score (nSPS) is 13.5. The topological polar surface area (TPSA) is 190 Å². The standard InChI is InChI=1S/C28H30ClF2N3O9S2/c1-16(34-17(2)27(36)18-8-19(30)10-20(31)9-18)14-43-26(35)15-44(38)7-6-42-28(37)22-11-25(45(32,39)40)23(29)12-24(22)33-13-21-4-3-5-41-21/h3-5,8-12,16-17,33-34H,6-7,13-15H2,1-2H3,(H2,32,39,40)/t16?,17-,44?/m0/s1. The van der Waals surface area contributed by atoms with Gasteiger partial charge in [-0.3, -0.25) is 4.79 Å². The van der Waals surface area contributed by atoms with Gasteiger partial charge in [0, 0.05) is 17.7 Å². The van der Waals surface area contributed by atoms with E-state index in [0.29, 0.717) is 11.8 Å². The number of carbonyl (C=O) groups is 3. The van der Waals surface area contributed by atoms with E-state index in [1.807, 2.05) is 0 Å². The molecular formula is C28H30ClF2N3O9S2. The molecule has 3 aromatic rings. The first kappa shape index (κ1) is 35.9. The third-order valence-electron chi connectivity index (χ3n) is 6.02. The van der Waals surface area contributed by atoms with Crippen LogP contribution in [0.1, 0.15) is 40.3 Å². The summed E-state index contributed by atoms with van der Waals surface area (Å²) in [6, 6.07) is 6.55. The van der Waals surface area contributed by atoms with Gasteiger partial charge in [0.2, 0.25) is 15.8 Å². The lowest BCUT2D eigenvalue weighted by Crippen LogP contribution is -2.42. The monoisotopic (exact) mass is 689 g/mol. The zero-order valence-corrected chi connectivity index (χ0v) is 26.4. The van der Waals surface area contributed by atoms with Gasteiger partial charge in [0.15, 0.2) is 5.78 Å². The number of nitrogens with two attached hydrogens (primary N) is 1. The molecule has 0 aliphatic carbocycles. The number of esters is 2. The van der Waals surface area contributed by atoms with Crippen LogP contribution in [0.2, 0.25) is 5.02 Å². The molecule has 0 saturated heterocycles. The molecule has 2 unspecified atom stereocenters. The van der Waals surface area contributed by atoms with Crippen molar-refractivity contribution in [3.63, 3.8) is 0 Å². The minimum absolute atomic E-state index is 0.125. The summed E-state index contributed by atoms with van der Waals surface area (Å²) >= 11 is 4.26. The zero-order chi connectivity index (χ0) is 33.3. The fourth-order valence-electron chi connectivity index (χ4n) is 3.95. The van der Waals surface area contributed by atoms with Crippen molar-refractivity contribution in [3.8, 4) is 0 Å². The van der Waals surface area contributed by atoms with Gasteiger partial charge in [-0.15, -0.1) is 0 Å². The average molecular weight is 690 g/mol. The van der Waals surface area contributed by atoms with Gasteiger partial charge in [0.1, 0.15) is 41.3 Å². The van der Waals surface area contributed by atoms with E-state index in [-0.39, 0.29) is 47.3 Å². The number of ketones is 1. The molecule has 0 aliphatic heterocycles. The molecule has 3 rings (SSSR count). The van der Waals surface area contributed by atoms with Gasteiger partial charge in [-0.25, -0.2) is 31.9 Å². The highest BCUT2D eigenvalue weighted by molar-refractivity contribution is 7.92. The van der Waals surface area contributed by atoms with E-state index in [1.54, 1.807) is 19.1 Å². The van der Waals surface area contributed by atoms with Gasteiger partial charge in [0.25, 0.3) is 0 Å². The number of ether oxygens (including phenoxy) is 2. The maximum absolute atomic E-state index is 13.4. The van der Waals surface area contributed by atoms with Crippen molar-refractivity contribution < 1.29 is 50.0 Å². The Balaban J connectivity index is 1.48. The number of halogens is 3. The number of carbonyl (C=O) groups excluding carboxylic acids is 3. The molecule has 0 aliphatic rings. The van der Waals surface area contributed by atoms with E-state index in [4.69, 9.17) is 30.6 Å². The fraction of sp³-hybridized carbons (Fsp3) is 0.321. The summed E-state index contributed by atoms with van der Waals surface area (Å²) in [5, 5.41) is 10.7. The zero-order valence-electron chi connectivity index (χ0n) is 24.0. The maximum atomic E-state index is 13.4. The lowest BCUT2D eigenvalue weighted by Gasteiger charge is -2.19. The molecule has 1 aromatic heterocycles. The van der Waals surface area contributed by atoms with Crippen LogP contribution in [0.5, 0.6) is 0 Å². The Morgan fingerprint density at radius 1 is 1.11 bits per heavy atom. The largest absolute Gasteiger partial charge is 0.616 e. The van der Waals surface area contributed by atoms with Crippen molar-refractivity contribution >= 4 is 56.2 Å². The molecule has 12 nitrogen and oxygen atoms in total. The van der Waals surface area contributed by atoms with E-state index < -0.39 is 73.3 Å². The quantitative estimate of drug-likeness (QED) is 0.114. The van der Waals surface area contributed by atoms with Gasteiger partial charge in [-0.2, -0.15) is 0 Å². The Morgan fingerprint density at radius 2 is 1.80 bits per heavy atom. The second-order valence-electron chi connectivity index (χ2n) is 9.73. The van der Waals surface area contributed by atoms with Crippen LogP contribution in [0, 0.1) is 11.6 Å². The van der Waals surface area contributed by atoms with Crippen LogP contribution in [-0.2, 0) is 42.0 Å². The van der Waals surface area contributed by atoms with Crippen LogP contribution >= 0.6 is 11.6 Å². The summed E-state index contributed by atoms with van der Waals surface area (Å²) in [5.41, 5.74) is -0.243. The molecule has 45 heavy (non-hydrogen) atoms. The van der Waals surface area contributed by atoms with E-state index in [0.717, 1.165) is 18.2 Å². The Hall–Kier alpha value is -3.54. The second-order valence-corrected chi connectivity index (χ2v) is 13.2. The number of hydrogen-bond acceptors (Lipinski definition) is 11. The highest BCUT2D eigenvalue weighted by Crippen LogP contribution is 2.29. The van der Waals surface area contributed by atoms with Crippen molar-refractivity contribution in [2.45, 2.75) is 37.4 Å². The highest BCUT2D eigenvalue weighted by atomic mass is 35.5. The Morgan fingerprint density at radius 3 is 2.42 bits per heavy atom. The number of primary sulfonamides is 1. The number of anilines is 1. The smallest absolute Gasteiger partial charge is 0.356 e. The number of nitrogens with one attached hydrogen (secondary N) is 2. The number of rotatable bonds is 16. The number of sulfonamides is 1. The van der Waals surface area contributed by atoms with Gasteiger partial charge in [0.05, 0.1) is 35.1 Å². The van der Waals surface area contributed by atoms with Crippen molar-refractivity contribution in [2.24, 2.45) is 5.14 Å². The van der Waals surface area contributed by atoms with E-state index in [9.17, 15) is 36.1 Å². The fourth-order valence-corrected chi connectivity index (χ4v) is 5.81. The van der Waals surface area contributed by atoms with E-state index in [1.165, 1.54) is 19.3 Å². The van der Waals surface area contributed by atoms with Crippen LogP contribution < -0.4 is 15.8 Å². The molecule has 4 N–H and O–H groups in total. The van der Waals surface area contributed by atoms with Crippen LogP contribution in [0.25, 0.3) is 0 Å². The van der Waals surface area contributed by atoms with Crippen molar-refractivity contribution in [2.75, 3.05) is 30.0 Å². The predicted molar refractivity (Wildman–Crippen MR) is 161 cm³/mol. The van der Waals surface area contributed by atoms with E-state index in [2.05, 4.69) is 10.6 Å². The third-order valence-corrected chi connectivity index (χ3v) is 8.58. The molecule has 244 valence electrons. The maximum Gasteiger partial charge on any atom is 0.356 e. The molecule has 0 saturated carbocycles. The lowest BCUT2D eigenvalue weighted by molar-refractivity contribution is -0.141. The Labute approximate surface area is 265 Å². The molecule has 0 spiro atoms. The van der Waals surface area contributed by atoms with Crippen molar-refractivity contribution in [1.29, 1.82) is 0 Å². The third kappa shape index (κ3) is 11.1. The first-order valence-corrected chi connectivity index (χ1v) is 16.6. The van der Waals surface area contributed by atoms with Crippen molar-refractivity contribution in [1.82, 2.24) is 5.32 Å². The minimum atomic E-state index is -4.29. The summed E-state index contributed by atoms with van der Waals surface area (Å²) < 4.78 is 78.6. The Bertz CT molecular complexity index is 1610. The summed E-state index contributed by atoms with van der Waals surface area (Å²) in [6.45, 7) is 2.63. The molecule has 1 heterocycles. The SMILES string of the molecule is CC(COC(=O)C[S+]([O-])CCOC(=O)c1cc(S(N)(=O)=O)c(Cl)cc1NCc1ccco1)N[C@@H](C)C(=O)c1cc(F)cc(F)c1. The van der Waals surface area contributed by atoms with E-state index >= 15 is 0 Å².